The van der Waals surface area contributed by atoms with Gasteiger partial charge in [0.2, 0.25) is 10.0 Å². The van der Waals surface area contributed by atoms with Crippen LogP contribution in [-0.2, 0) is 26.4 Å². The maximum Gasteiger partial charge on any atom is 0.573 e. The Labute approximate surface area is 158 Å². The maximum atomic E-state index is 12.4. The zero-order chi connectivity index (χ0) is 21.3. The molecule has 0 unspecified atom stereocenters. The van der Waals surface area contributed by atoms with Gasteiger partial charge in [-0.1, -0.05) is 6.07 Å². The van der Waals surface area contributed by atoms with Crippen LogP contribution in [0, 0.1) is 0 Å². The van der Waals surface area contributed by atoms with E-state index < -0.39 is 53.3 Å². The maximum absolute atomic E-state index is 12.4. The molecule has 0 atom stereocenters. The van der Waals surface area contributed by atoms with Gasteiger partial charge in [0.1, 0.15) is 10.6 Å². The topological polar surface area (TPSA) is 130 Å². The normalized spacial score (nSPS) is 12.7. The number of ether oxygens (including phenoxy) is 1. The highest BCUT2D eigenvalue weighted by molar-refractivity contribution is 7.91. The molecule has 0 amide bonds. The highest BCUT2D eigenvalue weighted by Gasteiger charge is 2.34. The van der Waals surface area contributed by atoms with Crippen LogP contribution in [0.3, 0.4) is 0 Å². The van der Waals surface area contributed by atoms with Gasteiger partial charge in [0, 0.05) is 12.8 Å². The first-order valence-corrected chi connectivity index (χ1v) is 10.7. The van der Waals surface area contributed by atoms with E-state index in [9.17, 15) is 40.2 Å². The number of alkyl halides is 3. The molecule has 2 rings (SSSR count). The van der Waals surface area contributed by atoms with Crippen molar-refractivity contribution in [2.45, 2.75) is 22.7 Å². The molecule has 0 saturated heterocycles. The van der Waals surface area contributed by atoms with Crippen molar-refractivity contribution in [2.75, 3.05) is 6.26 Å². The molecule has 154 valence electrons. The third-order valence-electron chi connectivity index (χ3n) is 3.36. The van der Waals surface area contributed by atoms with E-state index in [2.05, 4.69) is 9.46 Å². The van der Waals surface area contributed by atoms with Crippen molar-refractivity contribution >= 4 is 19.9 Å². The van der Waals surface area contributed by atoms with Crippen LogP contribution in [0.5, 0.6) is 17.2 Å². The Kier molecular flexibility index (Phi) is 5.82. The van der Waals surface area contributed by atoms with Crippen molar-refractivity contribution in [3.63, 3.8) is 0 Å². The van der Waals surface area contributed by atoms with Crippen LogP contribution in [-0.4, -0.2) is 39.7 Å². The summed E-state index contributed by atoms with van der Waals surface area (Å²) in [6.45, 7) is -0.342. The summed E-state index contributed by atoms with van der Waals surface area (Å²) in [5.74, 6) is -1.95. The van der Waals surface area contributed by atoms with Gasteiger partial charge in [-0.2, -0.15) is 0 Å². The summed E-state index contributed by atoms with van der Waals surface area (Å²) in [7, 11) is -8.56. The van der Waals surface area contributed by atoms with E-state index in [1.807, 2.05) is 0 Å². The van der Waals surface area contributed by atoms with Crippen LogP contribution in [0.15, 0.2) is 46.2 Å². The number of sulfone groups is 1. The fourth-order valence-corrected chi connectivity index (χ4v) is 4.03. The second-order valence-electron chi connectivity index (χ2n) is 5.58. The highest BCUT2D eigenvalue weighted by atomic mass is 32.2. The summed E-state index contributed by atoms with van der Waals surface area (Å²) in [5.41, 5.74) is 0.263. The predicted octanol–water partition coefficient (Wildman–Crippen LogP) is 1.88. The smallest absolute Gasteiger partial charge is 0.504 e. The first-order valence-electron chi connectivity index (χ1n) is 7.29. The number of phenolic OH excluding ortho intramolecular Hbond substituents is 2. The molecule has 0 bridgehead atoms. The molecule has 2 aromatic carbocycles. The first kappa shape index (κ1) is 21.8. The van der Waals surface area contributed by atoms with Crippen molar-refractivity contribution in [3.8, 4) is 17.2 Å². The number of rotatable bonds is 6. The van der Waals surface area contributed by atoms with Gasteiger partial charge in [-0.3, -0.25) is 0 Å². The minimum atomic E-state index is -5.17. The molecular weight excluding hydrogens is 427 g/mol. The molecule has 0 heterocycles. The molecule has 2 aromatic rings. The third-order valence-corrected chi connectivity index (χ3v) is 5.87. The Bertz CT molecular complexity index is 1100. The summed E-state index contributed by atoms with van der Waals surface area (Å²) in [6, 6.07) is 5.44. The van der Waals surface area contributed by atoms with Crippen LogP contribution in [0.1, 0.15) is 5.56 Å². The average molecular weight is 441 g/mol. The second-order valence-corrected chi connectivity index (χ2v) is 9.33. The molecule has 0 aliphatic rings. The van der Waals surface area contributed by atoms with Gasteiger partial charge < -0.3 is 14.9 Å². The van der Waals surface area contributed by atoms with E-state index in [4.69, 9.17) is 0 Å². The fraction of sp³-hybridized carbons (Fsp3) is 0.200. The van der Waals surface area contributed by atoms with E-state index >= 15 is 0 Å². The SMILES string of the molecule is CS(=O)(=O)c1cc(S(=O)(=O)NCc2ccc(O)c(O)c2)ccc1OC(F)(F)F. The molecule has 8 nitrogen and oxygen atoms in total. The number of benzene rings is 2. The molecule has 0 aliphatic heterocycles. The van der Waals surface area contributed by atoms with E-state index in [0.717, 1.165) is 18.2 Å². The van der Waals surface area contributed by atoms with Crippen molar-refractivity contribution in [2.24, 2.45) is 0 Å². The van der Waals surface area contributed by atoms with E-state index in [-0.39, 0.29) is 12.1 Å². The number of hydrogen-bond donors (Lipinski definition) is 3. The second kappa shape index (κ2) is 7.48. The largest absolute Gasteiger partial charge is 0.573 e. The number of halogens is 3. The zero-order valence-corrected chi connectivity index (χ0v) is 15.7. The van der Waals surface area contributed by atoms with Gasteiger partial charge in [-0.05, 0) is 35.9 Å². The van der Waals surface area contributed by atoms with Crippen molar-refractivity contribution in [3.05, 3.63) is 42.0 Å². The number of phenols is 2. The van der Waals surface area contributed by atoms with Crippen LogP contribution in [0.4, 0.5) is 13.2 Å². The Balaban J connectivity index is 2.35. The summed E-state index contributed by atoms with van der Waals surface area (Å²) >= 11 is 0. The van der Waals surface area contributed by atoms with Crippen LogP contribution < -0.4 is 9.46 Å². The number of sulfonamides is 1. The summed E-state index contributed by atoms with van der Waals surface area (Å²) < 4.78 is 91.2. The fourth-order valence-electron chi connectivity index (χ4n) is 2.09. The van der Waals surface area contributed by atoms with Gasteiger partial charge in [0.15, 0.2) is 21.3 Å². The van der Waals surface area contributed by atoms with Gasteiger partial charge in [0.25, 0.3) is 0 Å². The molecular formula is C15H14F3NO7S2. The lowest BCUT2D eigenvalue weighted by atomic mass is 10.2. The Morgan fingerprint density at radius 3 is 2.18 bits per heavy atom. The van der Waals surface area contributed by atoms with Crippen LogP contribution in [0.25, 0.3) is 0 Å². The minimum absolute atomic E-state index is 0.263. The van der Waals surface area contributed by atoms with Gasteiger partial charge in [-0.15, -0.1) is 13.2 Å². The summed E-state index contributed by atoms with van der Waals surface area (Å²) in [6.07, 6.45) is -4.56. The first-order chi connectivity index (χ1) is 12.7. The average Bonchev–Trinajstić information content (AvgIpc) is 2.54. The van der Waals surface area contributed by atoms with Crippen molar-refractivity contribution in [1.29, 1.82) is 0 Å². The highest BCUT2D eigenvalue weighted by Crippen LogP contribution is 2.31. The van der Waals surface area contributed by atoms with E-state index in [1.165, 1.54) is 6.07 Å². The third kappa shape index (κ3) is 5.50. The molecule has 3 N–H and O–H groups in total. The molecule has 0 fully saturated rings. The molecule has 13 heteroatoms. The van der Waals surface area contributed by atoms with Gasteiger partial charge in [-0.25, -0.2) is 21.6 Å². The van der Waals surface area contributed by atoms with Crippen molar-refractivity contribution in [1.82, 2.24) is 4.72 Å². The van der Waals surface area contributed by atoms with E-state index in [0.29, 0.717) is 18.4 Å². The molecule has 0 radical (unpaired) electrons. The summed E-state index contributed by atoms with van der Waals surface area (Å²) in [5, 5.41) is 18.6. The monoisotopic (exact) mass is 441 g/mol. The lowest BCUT2D eigenvalue weighted by Crippen LogP contribution is -2.24. The van der Waals surface area contributed by atoms with Crippen LogP contribution in [0.2, 0.25) is 0 Å². The molecule has 0 aliphatic carbocycles. The number of aromatic hydroxyl groups is 2. The Morgan fingerprint density at radius 2 is 1.64 bits per heavy atom. The predicted molar refractivity (Wildman–Crippen MR) is 90.0 cm³/mol. The Hall–Kier alpha value is -2.51. The number of hydrogen-bond acceptors (Lipinski definition) is 7. The lowest BCUT2D eigenvalue weighted by molar-refractivity contribution is -0.275. The van der Waals surface area contributed by atoms with Crippen LogP contribution >= 0.6 is 0 Å². The van der Waals surface area contributed by atoms with Gasteiger partial charge >= 0.3 is 6.36 Å². The molecule has 0 aromatic heterocycles. The van der Waals surface area contributed by atoms with Crippen molar-refractivity contribution < 1.29 is 45.0 Å². The van der Waals surface area contributed by atoms with Gasteiger partial charge in [0.05, 0.1) is 4.90 Å². The lowest BCUT2D eigenvalue weighted by Gasteiger charge is -2.14. The minimum Gasteiger partial charge on any atom is -0.504 e. The quantitative estimate of drug-likeness (QED) is 0.584. The van der Waals surface area contributed by atoms with E-state index in [1.54, 1.807) is 0 Å². The molecule has 0 spiro atoms. The molecule has 0 saturated carbocycles. The number of nitrogens with one attached hydrogen (secondary N) is 1. The Morgan fingerprint density at radius 1 is 1.00 bits per heavy atom. The molecule has 28 heavy (non-hydrogen) atoms. The summed E-state index contributed by atoms with van der Waals surface area (Å²) in [4.78, 5) is -1.56. The zero-order valence-electron chi connectivity index (χ0n) is 14.1. The standard InChI is InChI=1S/C15H14F3NO7S2/c1-27(22,23)14-7-10(3-5-13(14)26-15(16,17)18)28(24,25)19-8-9-2-4-11(20)12(21)6-9/h2-7,19-21H,8H2,1H3.